The molecule has 0 amide bonds. The van der Waals surface area contributed by atoms with Gasteiger partial charge in [-0.05, 0) is 42.0 Å². The van der Waals surface area contributed by atoms with Crippen LogP contribution < -0.4 is 10.2 Å². The van der Waals surface area contributed by atoms with Crippen molar-refractivity contribution < 1.29 is 13.7 Å². The van der Waals surface area contributed by atoms with E-state index in [0.29, 0.717) is 25.4 Å². The molecule has 146 valence electrons. The van der Waals surface area contributed by atoms with Crippen LogP contribution in [0.5, 0.6) is 0 Å². The van der Waals surface area contributed by atoms with Crippen molar-refractivity contribution in [1.29, 1.82) is 0 Å². The molecule has 5 nitrogen and oxygen atoms in total. The van der Waals surface area contributed by atoms with Crippen LogP contribution in [0.15, 0.2) is 59.1 Å². The zero-order valence-electron chi connectivity index (χ0n) is 16.1. The molecule has 0 spiro atoms. The number of hydrogen-bond acceptors (Lipinski definition) is 5. The molecular formula is C22H24FN3O2. The Morgan fingerprint density at radius 2 is 1.79 bits per heavy atom. The summed E-state index contributed by atoms with van der Waals surface area (Å²) in [7, 11) is 4.07. The van der Waals surface area contributed by atoms with Crippen LogP contribution in [0.4, 0.5) is 10.1 Å². The van der Waals surface area contributed by atoms with E-state index in [-0.39, 0.29) is 11.4 Å². The van der Waals surface area contributed by atoms with E-state index in [1.165, 1.54) is 23.4 Å². The minimum Gasteiger partial charge on any atom is -0.378 e. The molecule has 0 atom stereocenters. The smallest absolute Gasteiger partial charge is 0.167 e. The van der Waals surface area contributed by atoms with Gasteiger partial charge in [0.05, 0.1) is 24.4 Å². The molecule has 0 unspecified atom stereocenters. The highest BCUT2D eigenvalue weighted by atomic mass is 19.1. The molecule has 1 fully saturated rings. The first-order valence-corrected chi connectivity index (χ1v) is 9.34. The number of aromatic nitrogens is 1. The van der Waals surface area contributed by atoms with Crippen molar-refractivity contribution in [2.24, 2.45) is 0 Å². The quantitative estimate of drug-likeness (QED) is 0.677. The highest BCUT2D eigenvalue weighted by Gasteiger charge is 2.39. The summed E-state index contributed by atoms with van der Waals surface area (Å²) in [6.07, 6.45) is 0.716. The van der Waals surface area contributed by atoms with E-state index in [2.05, 4.69) is 39.6 Å². The highest BCUT2D eigenvalue weighted by molar-refractivity contribution is 5.57. The zero-order chi connectivity index (χ0) is 19.6. The van der Waals surface area contributed by atoms with Gasteiger partial charge in [0.25, 0.3) is 0 Å². The van der Waals surface area contributed by atoms with Gasteiger partial charge in [0.1, 0.15) is 5.82 Å². The summed E-state index contributed by atoms with van der Waals surface area (Å²) in [4.78, 5) is 2.09. The van der Waals surface area contributed by atoms with Gasteiger partial charge in [0, 0.05) is 44.4 Å². The van der Waals surface area contributed by atoms with Crippen molar-refractivity contribution >= 4 is 5.69 Å². The van der Waals surface area contributed by atoms with Gasteiger partial charge in [0.15, 0.2) is 5.76 Å². The van der Waals surface area contributed by atoms with Crippen LogP contribution in [-0.4, -0.2) is 38.0 Å². The summed E-state index contributed by atoms with van der Waals surface area (Å²) in [5.41, 5.74) is 3.94. The van der Waals surface area contributed by atoms with Gasteiger partial charge in [-0.2, -0.15) is 0 Å². The Balaban J connectivity index is 1.40. The second-order valence-corrected chi connectivity index (χ2v) is 7.55. The number of benzene rings is 2. The Kier molecular flexibility index (Phi) is 5.15. The molecule has 1 aromatic heterocycles. The van der Waals surface area contributed by atoms with Crippen molar-refractivity contribution in [2.75, 3.05) is 32.2 Å². The van der Waals surface area contributed by atoms with Gasteiger partial charge >= 0.3 is 0 Å². The molecule has 1 aliphatic rings. The lowest BCUT2D eigenvalue weighted by atomic mass is 9.90. The monoisotopic (exact) mass is 381 g/mol. The fourth-order valence-electron chi connectivity index (χ4n) is 3.31. The first kappa shape index (κ1) is 18.7. The third kappa shape index (κ3) is 4.08. The summed E-state index contributed by atoms with van der Waals surface area (Å²) < 4.78 is 24.0. The van der Waals surface area contributed by atoms with Gasteiger partial charge in [0.2, 0.25) is 0 Å². The lowest BCUT2D eigenvalue weighted by Crippen LogP contribution is -2.61. The summed E-state index contributed by atoms with van der Waals surface area (Å²) in [5.74, 6) is 0.376. The van der Waals surface area contributed by atoms with Gasteiger partial charge in [-0.3, -0.25) is 0 Å². The number of nitrogens with zero attached hydrogens (tertiary/aromatic N) is 2. The second-order valence-electron chi connectivity index (χ2n) is 7.55. The number of nitrogens with one attached hydrogen (secondary N) is 1. The zero-order valence-corrected chi connectivity index (χ0v) is 16.1. The van der Waals surface area contributed by atoms with E-state index in [0.717, 1.165) is 17.8 Å². The number of halogens is 1. The maximum atomic E-state index is 13.1. The van der Waals surface area contributed by atoms with Crippen molar-refractivity contribution in [1.82, 2.24) is 10.5 Å². The molecular weight excluding hydrogens is 357 g/mol. The molecule has 1 N–H and O–H groups in total. The lowest BCUT2D eigenvalue weighted by molar-refractivity contribution is -0.0755. The molecule has 2 heterocycles. The molecule has 3 aromatic rings. The van der Waals surface area contributed by atoms with Gasteiger partial charge in [-0.15, -0.1) is 0 Å². The normalized spacial score (nSPS) is 15.2. The highest BCUT2D eigenvalue weighted by Crippen LogP contribution is 2.26. The lowest BCUT2D eigenvalue weighted by Gasteiger charge is -2.42. The summed E-state index contributed by atoms with van der Waals surface area (Å²) in [5, 5.41) is 7.83. The third-order valence-corrected chi connectivity index (χ3v) is 5.08. The first-order valence-electron chi connectivity index (χ1n) is 9.34. The summed E-state index contributed by atoms with van der Waals surface area (Å²) in [6, 6.07) is 16.7. The number of ether oxygens (including phenoxy) is 1. The van der Waals surface area contributed by atoms with E-state index >= 15 is 0 Å². The van der Waals surface area contributed by atoms with Crippen LogP contribution in [0, 0.1) is 5.82 Å². The summed E-state index contributed by atoms with van der Waals surface area (Å²) >= 11 is 0. The molecule has 1 saturated heterocycles. The van der Waals surface area contributed by atoms with Crippen LogP contribution in [0.3, 0.4) is 0 Å². The van der Waals surface area contributed by atoms with Crippen LogP contribution in [0.1, 0.15) is 11.3 Å². The minimum atomic E-state index is -0.267. The van der Waals surface area contributed by atoms with Crippen LogP contribution >= 0.6 is 0 Å². The summed E-state index contributed by atoms with van der Waals surface area (Å²) in [6.45, 7) is 2.04. The Bertz CT molecular complexity index is 916. The van der Waals surface area contributed by atoms with Gasteiger partial charge < -0.3 is 19.5 Å². The van der Waals surface area contributed by atoms with Crippen molar-refractivity contribution in [3.8, 4) is 11.3 Å². The fraction of sp³-hybridized carbons (Fsp3) is 0.318. The molecule has 28 heavy (non-hydrogen) atoms. The molecule has 2 aromatic carbocycles. The third-order valence-electron chi connectivity index (χ3n) is 5.08. The predicted octanol–water partition coefficient (Wildman–Crippen LogP) is 3.65. The molecule has 0 aliphatic carbocycles. The SMILES string of the molecule is CN(C)c1ccc(CNC2(Cc3cc(-c4ccc(F)cc4)on3)COC2)cc1. The molecule has 1 aliphatic heterocycles. The van der Waals surface area contributed by atoms with E-state index in [9.17, 15) is 4.39 Å². The van der Waals surface area contributed by atoms with E-state index in [4.69, 9.17) is 9.26 Å². The topological polar surface area (TPSA) is 50.5 Å². The number of hydrogen-bond donors (Lipinski definition) is 1. The average molecular weight is 381 g/mol. The Labute approximate surface area is 164 Å². The molecule has 0 radical (unpaired) electrons. The first-order chi connectivity index (χ1) is 13.5. The van der Waals surface area contributed by atoms with E-state index < -0.39 is 0 Å². The minimum absolute atomic E-state index is 0.142. The molecule has 0 saturated carbocycles. The molecule has 4 rings (SSSR count). The standard InChI is InChI=1S/C22H24FN3O2/c1-26(2)20-9-3-16(4-10-20)13-24-22(14-27-15-22)12-19-11-21(28-25-19)17-5-7-18(23)8-6-17/h3-11,24H,12-15H2,1-2H3. The Morgan fingerprint density at radius 3 is 2.39 bits per heavy atom. The maximum Gasteiger partial charge on any atom is 0.167 e. The van der Waals surface area contributed by atoms with Crippen LogP contribution in [0.2, 0.25) is 0 Å². The van der Waals surface area contributed by atoms with Crippen molar-refractivity contribution in [3.63, 3.8) is 0 Å². The van der Waals surface area contributed by atoms with E-state index in [1.54, 1.807) is 12.1 Å². The number of rotatable bonds is 7. The molecule has 0 bridgehead atoms. The Morgan fingerprint density at radius 1 is 1.07 bits per heavy atom. The van der Waals surface area contributed by atoms with Crippen molar-refractivity contribution in [3.05, 3.63) is 71.7 Å². The fourth-order valence-corrected chi connectivity index (χ4v) is 3.31. The average Bonchev–Trinajstić information content (AvgIpc) is 3.13. The van der Waals surface area contributed by atoms with E-state index in [1.807, 2.05) is 20.2 Å². The van der Waals surface area contributed by atoms with Gasteiger partial charge in [-0.1, -0.05) is 17.3 Å². The van der Waals surface area contributed by atoms with Gasteiger partial charge in [-0.25, -0.2) is 4.39 Å². The van der Waals surface area contributed by atoms with Crippen LogP contribution in [0.25, 0.3) is 11.3 Å². The Hall–Kier alpha value is -2.70. The maximum absolute atomic E-state index is 13.1. The van der Waals surface area contributed by atoms with Crippen molar-refractivity contribution in [2.45, 2.75) is 18.5 Å². The second kappa shape index (κ2) is 7.73. The largest absolute Gasteiger partial charge is 0.378 e. The number of anilines is 1. The molecule has 6 heteroatoms. The predicted molar refractivity (Wildman–Crippen MR) is 107 cm³/mol. The van der Waals surface area contributed by atoms with Crippen LogP contribution in [-0.2, 0) is 17.7 Å².